The van der Waals surface area contributed by atoms with Gasteiger partial charge >= 0.3 is 11.9 Å². The predicted octanol–water partition coefficient (Wildman–Crippen LogP) is 1.21. The standard InChI is InChI=1S/C13H20O6/c1-2-3-4-9-19-10-13(18,7-5-11(14)15)8-6-12(16)17/h5-8,18H,2-4,9-10H2,1H3,(H,14,15)(H,16,17). The summed E-state index contributed by atoms with van der Waals surface area (Å²) < 4.78 is 5.23. The van der Waals surface area contributed by atoms with E-state index in [-0.39, 0.29) is 6.61 Å². The monoisotopic (exact) mass is 272 g/mol. The van der Waals surface area contributed by atoms with Crippen LogP contribution in [-0.4, -0.2) is 46.1 Å². The van der Waals surface area contributed by atoms with E-state index in [1.165, 1.54) is 0 Å². The summed E-state index contributed by atoms with van der Waals surface area (Å²) in [5, 5.41) is 27.1. The Morgan fingerprint density at radius 2 is 1.63 bits per heavy atom. The molecule has 108 valence electrons. The Hall–Kier alpha value is -1.66. The molecule has 0 aromatic carbocycles. The van der Waals surface area contributed by atoms with E-state index in [0.717, 1.165) is 43.6 Å². The molecule has 3 N–H and O–H groups in total. The first-order chi connectivity index (χ1) is 8.89. The van der Waals surface area contributed by atoms with Gasteiger partial charge in [-0.15, -0.1) is 0 Å². The Balaban J connectivity index is 4.49. The van der Waals surface area contributed by atoms with Gasteiger partial charge in [0.2, 0.25) is 0 Å². The van der Waals surface area contributed by atoms with Crippen LogP contribution in [0.4, 0.5) is 0 Å². The van der Waals surface area contributed by atoms with Crippen LogP contribution in [0.15, 0.2) is 24.3 Å². The number of carboxylic acids is 2. The molecule has 6 nitrogen and oxygen atoms in total. The molecule has 0 aliphatic carbocycles. The van der Waals surface area contributed by atoms with Crippen molar-refractivity contribution in [3.05, 3.63) is 24.3 Å². The van der Waals surface area contributed by atoms with Gasteiger partial charge < -0.3 is 20.1 Å². The maximum atomic E-state index is 10.4. The molecule has 0 spiro atoms. The fourth-order valence-corrected chi connectivity index (χ4v) is 1.27. The molecule has 0 saturated heterocycles. The van der Waals surface area contributed by atoms with Crippen molar-refractivity contribution in [3.8, 4) is 0 Å². The minimum Gasteiger partial charge on any atom is -0.478 e. The molecule has 6 heteroatoms. The van der Waals surface area contributed by atoms with E-state index >= 15 is 0 Å². The molecule has 0 radical (unpaired) electrons. The summed E-state index contributed by atoms with van der Waals surface area (Å²) in [6.07, 6.45) is 6.35. The quantitative estimate of drug-likeness (QED) is 0.408. The van der Waals surface area contributed by atoms with Crippen molar-refractivity contribution in [3.63, 3.8) is 0 Å². The molecule has 0 amide bonds. The van der Waals surface area contributed by atoms with Gasteiger partial charge in [-0.25, -0.2) is 9.59 Å². The highest BCUT2D eigenvalue weighted by atomic mass is 16.5. The Kier molecular flexibility index (Phi) is 8.48. The topological polar surface area (TPSA) is 104 Å². The Morgan fingerprint density at radius 1 is 1.11 bits per heavy atom. The number of carboxylic acid groups (broad SMARTS) is 2. The van der Waals surface area contributed by atoms with Gasteiger partial charge in [-0.05, 0) is 18.6 Å². The minimum absolute atomic E-state index is 0.190. The molecule has 0 heterocycles. The summed E-state index contributed by atoms with van der Waals surface area (Å²) in [5.41, 5.74) is -1.73. The highest BCUT2D eigenvalue weighted by Gasteiger charge is 2.21. The molecule has 0 atom stereocenters. The minimum atomic E-state index is -1.73. The molecule has 0 aromatic heterocycles. The number of hydrogen-bond donors (Lipinski definition) is 3. The number of aliphatic carboxylic acids is 2. The Bertz CT molecular complexity index is 321. The first kappa shape index (κ1) is 17.3. The fourth-order valence-electron chi connectivity index (χ4n) is 1.27. The average Bonchev–Trinajstić information content (AvgIpc) is 2.34. The molecule has 0 unspecified atom stereocenters. The molecule has 0 saturated carbocycles. The highest BCUT2D eigenvalue weighted by Crippen LogP contribution is 2.11. The summed E-state index contributed by atoms with van der Waals surface area (Å²) in [4.78, 5) is 20.8. The molecule has 19 heavy (non-hydrogen) atoms. The van der Waals surface area contributed by atoms with Crippen LogP contribution in [0.5, 0.6) is 0 Å². The Labute approximate surface area is 112 Å². The lowest BCUT2D eigenvalue weighted by molar-refractivity contribution is -0.132. The van der Waals surface area contributed by atoms with Crippen LogP contribution in [0.1, 0.15) is 26.2 Å². The summed E-state index contributed by atoms with van der Waals surface area (Å²) in [7, 11) is 0. The van der Waals surface area contributed by atoms with Crippen molar-refractivity contribution < 1.29 is 29.6 Å². The lowest BCUT2D eigenvalue weighted by Gasteiger charge is -2.20. The van der Waals surface area contributed by atoms with E-state index in [4.69, 9.17) is 14.9 Å². The summed E-state index contributed by atoms with van der Waals surface area (Å²) in [6.45, 7) is 2.28. The SMILES string of the molecule is CCCCCOCC(O)(C=CC(=O)O)C=CC(=O)O. The lowest BCUT2D eigenvalue weighted by Crippen LogP contribution is -2.30. The largest absolute Gasteiger partial charge is 0.478 e. The van der Waals surface area contributed by atoms with Crippen LogP contribution >= 0.6 is 0 Å². The van der Waals surface area contributed by atoms with E-state index in [9.17, 15) is 14.7 Å². The van der Waals surface area contributed by atoms with Gasteiger partial charge in [-0.2, -0.15) is 0 Å². The van der Waals surface area contributed by atoms with Gasteiger partial charge in [-0.1, -0.05) is 19.8 Å². The molecule has 0 fully saturated rings. The zero-order valence-electron chi connectivity index (χ0n) is 10.9. The molecule has 0 aliphatic heterocycles. The molecule has 0 rings (SSSR count). The van der Waals surface area contributed by atoms with Crippen LogP contribution in [0.2, 0.25) is 0 Å². The van der Waals surface area contributed by atoms with Gasteiger partial charge in [0.1, 0.15) is 5.60 Å². The van der Waals surface area contributed by atoms with E-state index in [0.29, 0.717) is 6.61 Å². The number of hydrogen-bond acceptors (Lipinski definition) is 4. The second-order valence-electron chi connectivity index (χ2n) is 4.09. The zero-order chi connectivity index (χ0) is 14.7. The number of aliphatic hydroxyl groups is 1. The second kappa shape index (κ2) is 9.29. The lowest BCUT2D eigenvalue weighted by atomic mass is 10.0. The smallest absolute Gasteiger partial charge is 0.328 e. The molecular formula is C13H20O6. The third kappa shape index (κ3) is 9.99. The summed E-state index contributed by atoms with van der Waals surface area (Å²) >= 11 is 0. The average molecular weight is 272 g/mol. The maximum absolute atomic E-state index is 10.4. The van der Waals surface area contributed by atoms with E-state index in [2.05, 4.69) is 0 Å². The summed E-state index contributed by atoms with van der Waals surface area (Å²) in [5.74, 6) is -2.46. The third-order valence-electron chi connectivity index (χ3n) is 2.25. The highest BCUT2D eigenvalue weighted by molar-refractivity contribution is 5.81. The van der Waals surface area contributed by atoms with Crippen LogP contribution in [0.25, 0.3) is 0 Å². The predicted molar refractivity (Wildman–Crippen MR) is 68.8 cm³/mol. The summed E-state index contributed by atoms with van der Waals surface area (Å²) in [6, 6.07) is 0. The van der Waals surface area contributed by atoms with E-state index < -0.39 is 17.5 Å². The van der Waals surface area contributed by atoms with Crippen molar-refractivity contribution in [2.75, 3.05) is 13.2 Å². The number of rotatable bonds is 10. The van der Waals surface area contributed by atoms with Gasteiger partial charge in [0, 0.05) is 18.8 Å². The van der Waals surface area contributed by atoms with Gasteiger partial charge in [0.05, 0.1) is 6.61 Å². The van der Waals surface area contributed by atoms with Crippen molar-refractivity contribution in [1.29, 1.82) is 0 Å². The van der Waals surface area contributed by atoms with Crippen molar-refractivity contribution in [2.45, 2.75) is 31.8 Å². The van der Waals surface area contributed by atoms with E-state index in [1.54, 1.807) is 0 Å². The van der Waals surface area contributed by atoms with E-state index in [1.807, 2.05) is 6.92 Å². The first-order valence-corrected chi connectivity index (χ1v) is 6.04. The van der Waals surface area contributed by atoms with Crippen LogP contribution in [-0.2, 0) is 14.3 Å². The van der Waals surface area contributed by atoms with Crippen LogP contribution in [0.3, 0.4) is 0 Å². The van der Waals surface area contributed by atoms with Gasteiger partial charge in [-0.3, -0.25) is 0 Å². The van der Waals surface area contributed by atoms with Gasteiger partial charge in [0.15, 0.2) is 0 Å². The third-order valence-corrected chi connectivity index (χ3v) is 2.25. The van der Waals surface area contributed by atoms with Gasteiger partial charge in [0.25, 0.3) is 0 Å². The van der Waals surface area contributed by atoms with Crippen molar-refractivity contribution >= 4 is 11.9 Å². The number of carbonyl (C=O) groups is 2. The normalized spacial score (nSPS) is 14.8. The van der Waals surface area contributed by atoms with Crippen LogP contribution < -0.4 is 0 Å². The molecule has 0 aliphatic rings. The zero-order valence-corrected chi connectivity index (χ0v) is 10.9. The first-order valence-electron chi connectivity index (χ1n) is 6.04. The number of ether oxygens (including phenoxy) is 1. The molecule has 0 bridgehead atoms. The molecule has 0 aromatic rings. The maximum Gasteiger partial charge on any atom is 0.328 e. The van der Waals surface area contributed by atoms with Crippen LogP contribution in [0, 0.1) is 0 Å². The van der Waals surface area contributed by atoms with Crippen molar-refractivity contribution in [1.82, 2.24) is 0 Å². The van der Waals surface area contributed by atoms with Crippen molar-refractivity contribution in [2.24, 2.45) is 0 Å². The Morgan fingerprint density at radius 3 is 2.05 bits per heavy atom. The fraction of sp³-hybridized carbons (Fsp3) is 0.538. The second-order valence-corrected chi connectivity index (χ2v) is 4.09. The number of unbranched alkanes of at least 4 members (excludes halogenated alkanes) is 2. The molecular weight excluding hydrogens is 252 g/mol.